The molecule has 11 heteroatoms. The van der Waals surface area contributed by atoms with Crippen LogP contribution >= 0.6 is 11.6 Å². The van der Waals surface area contributed by atoms with E-state index in [0.29, 0.717) is 41.2 Å². The van der Waals surface area contributed by atoms with E-state index in [0.717, 1.165) is 18.5 Å². The number of nitrogens with zero attached hydrogens (tertiary/aromatic N) is 8. The molecule has 2 aliphatic heterocycles. The predicted molar refractivity (Wildman–Crippen MR) is 121 cm³/mol. The van der Waals surface area contributed by atoms with Gasteiger partial charge in [-0.05, 0) is 31.1 Å². The number of rotatable bonds is 3. The van der Waals surface area contributed by atoms with Crippen LogP contribution in [0, 0.1) is 0 Å². The molecule has 1 saturated heterocycles. The van der Waals surface area contributed by atoms with E-state index in [1.807, 2.05) is 23.1 Å². The lowest BCUT2D eigenvalue weighted by Gasteiger charge is -2.26. The molecule has 0 bridgehead atoms. The highest BCUT2D eigenvalue weighted by molar-refractivity contribution is 6.31. The molecule has 162 valence electrons. The van der Waals surface area contributed by atoms with Gasteiger partial charge >= 0.3 is 0 Å². The molecule has 1 fully saturated rings. The number of fused-ring (bicyclic) bond motifs is 2. The zero-order valence-corrected chi connectivity index (χ0v) is 17.8. The van der Waals surface area contributed by atoms with Crippen molar-refractivity contribution in [1.29, 1.82) is 0 Å². The van der Waals surface area contributed by atoms with Crippen LogP contribution in [0.4, 0.5) is 11.9 Å². The van der Waals surface area contributed by atoms with Crippen LogP contribution < -0.4 is 10.6 Å². The standard InChI is InChI=1S/C21H20ClN9O/c22-12-1-2-14-17(9-12)30(11-26-14)21-25-10-16-19(29-21)31(13-4-7-32-8-5-13)18(27-16)15-3-6-24-20(23)28-15/h1-3,6,9-11,13-14,17H,4-5,7-8H2,(H2,23,24,28). The Morgan fingerprint density at radius 1 is 1.12 bits per heavy atom. The van der Waals surface area contributed by atoms with Crippen molar-refractivity contribution in [1.82, 2.24) is 29.5 Å². The van der Waals surface area contributed by atoms with E-state index in [-0.39, 0.29) is 24.1 Å². The van der Waals surface area contributed by atoms with E-state index in [1.54, 1.807) is 24.8 Å². The molecule has 0 amide bonds. The number of anilines is 2. The first kappa shape index (κ1) is 19.3. The second-order valence-electron chi connectivity index (χ2n) is 7.89. The Balaban J connectivity index is 1.49. The number of hydrogen-bond donors (Lipinski definition) is 1. The minimum Gasteiger partial charge on any atom is -0.381 e. The summed E-state index contributed by atoms with van der Waals surface area (Å²) >= 11 is 6.24. The van der Waals surface area contributed by atoms with Crippen LogP contribution in [0.1, 0.15) is 18.9 Å². The zero-order valence-electron chi connectivity index (χ0n) is 17.0. The maximum atomic E-state index is 6.24. The van der Waals surface area contributed by atoms with Crippen molar-refractivity contribution in [2.75, 3.05) is 23.8 Å². The first-order chi connectivity index (χ1) is 15.7. The summed E-state index contributed by atoms with van der Waals surface area (Å²) in [5.41, 5.74) is 7.93. The summed E-state index contributed by atoms with van der Waals surface area (Å²) in [6, 6.07) is 1.93. The molecule has 32 heavy (non-hydrogen) atoms. The van der Waals surface area contributed by atoms with Gasteiger partial charge in [0, 0.05) is 30.5 Å². The van der Waals surface area contributed by atoms with Crippen molar-refractivity contribution < 1.29 is 4.74 Å². The molecule has 2 atom stereocenters. The minimum absolute atomic E-state index is 0.00300. The highest BCUT2D eigenvalue weighted by atomic mass is 35.5. The fourth-order valence-corrected chi connectivity index (χ4v) is 4.59. The van der Waals surface area contributed by atoms with Gasteiger partial charge in [0.05, 0.1) is 24.6 Å². The van der Waals surface area contributed by atoms with Crippen LogP contribution in [0.3, 0.4) is 0 Å². The van der Waals surface area contributed by atoms with Gasteiger partial charge in [-0.1, -0.05) is 17.7 Å². The predicted octanol–water partition coefficient (Wildman–Crippen LogP) is 2.50. The Kier molecular flexibility index (Phi) is 4.62. The second-order valence-corrected chi connectivity index (χ2v) is 8.33. The van der Waals surface area contributed by atoms with Crippen molar-refractivity contribution in [2.45, 2.75) is 31.0 Å². The van der Waals surface area contributed by atoms with Crippen molar-refractivity contribution >= 4 is 41.0 Å². The highest BCUT2D eigenvalue weighted by Gasteiger charge is 2.33. The summed E-state index contributed by atoms with van der Waals surface area (Å²) in [5.74, 6) is 1.45. The molecular weight excluding hydrogens is 430 g/mol. The van der Waals surface area contributed by atoms with Crippen molar-refractivity contribution in [2.24, 2.45) is 4.99 Å². The van der Waals surface area contributed by atoms with Crippen LogP contribution in [0.15, 0.2) is 46.7 Å². The Labute approximate surface area is 188 Å². The molecule has 2 N–H and O–H groups in total. The first-order valence-electron chi connectivity index (χ1n) is 10.5. The SMILES string of the molecule is Nc1nccc(-c2nc3cnc(N4C=NC5C=CC(Cl)=CC54)nc3n2C2CCOCC2)n1. The maximum absolute atomic E-state index is 6.24. The lowest BCUT2D eigenvalue weighted by Crippen LogP contribution is -2.36. The first-order valence-corrected chi connectivity index (χ1v) is 10.8. The molecule has 5 heterocycles. The van der Waals surface area contributed by atoms with Crippen molar-refractivity contribution in [3.8, 4) is 11.5 Å². The summed E-state index contributed by atoms with van der Waals surface area (Å²) in [7, 11) is 0. The number of aromatic nitrogens is 6. The van der Waals surface area contributed by atoms with Crippen molar-refractivity contribution in [3.05, 3.63) is 41.7 Å². The fraction of sp³-hybridized carbons (Fsp3) is 0.333. The zero-order chi connectivity index (χ0) is 21.7. The Hall–Kier alpha value is -3.37. The molecule has 0 radical (unpaired) electrons. The van der Waals surface area contributed by atoms with Gasteiger partial charge < -0.3 is 15.0 Å². The lowest BCUT2D eigenvalue weighted by molar-refractivity contribution is 0.0708. The molecule has 0 aromatic carbocycles. The number of hydrogen-bond acceptors (Lipinski definition) is 9. The number of imidazole rings is 1. The Bertz CT molecular complexity index is 1280. The molecule has 2 unspecified atom stereocenters. The van der Waals surface area contributed by atoms with E-state index < -0.39 is 0 Å². The minimum atomic E-state index is -0.0504. The molecule has 10 nitrogen and oxygen atoms in total. The third-order valence-electron chi connectivity index (χ3n) is 5.93. The van der Waals surface area contributed by atoms with E-state index in [9.17, 15) is 0 Å². The third-order valence-corrected chi connectivity index (χ3v) is 6.18. The largest absolute Gasteiger partial charge is 0.381 e. The molecule has 0 spiro atoms. The summed E-state index contributed by atoms with van der Waals surface area (Å²) in [4.78, 5) is 29.2. The highest BCUT2D eigenvalue weighted by Crippen LogP contribution is 2.33. The summed E-state index contributed by atoms with van der Waals surface area (Å²) in [6.07, 6.45) is 12.7. The number of allylic oxidation sites excluding steroid dienone is 2. The summed E-state index contributed by atoms with van der Waals surface area (Å²) in [6.45, 7) is 1.37. The van der Waals surface area contributed by atoms with Crippen LogP contribution in [0.5, 0.6) is 0 Å². The monoisotopic (exact) mass is 449 g/mol. The van der Waals surface area contributed by atoms with Gasteiger partial charge in [-0.2, -0.15) is 4.98 Å². The van der Waals surface area contributed by atoms with Crippen LogP contribution in [0.25, 0.3) is 22.7 Å². The van der Waals surface area contributed by atoms with Gasteiger partial charge in [0.25, 0.3) is 0 Å². The number of nitrogen functional groups attached to an aromatic ring is 1. The van der Waals surface area contributed by atoms with Gasteiger partial charge in [-0.3, -0.25) is 9.89 Å². The van der Waals surface area contributed by atoms with Gasteiger partial charge in [0.2, 0.25) is 11.9 Å². The summed E-state index contributed by atoms with van der Waals surface area (Å²) < 4.78 is 7.72. The molecule has 3 aromatic rings. The maximum Gasteiger partial charge on any atom is 0.233 e. The van der Waals surface area contributed by atoms with E-state index in [2.05, 4.69) is 24.5 Å². The van der Waals surface area contributed by atoms with E-state index >= 15 is 0 Å². The molecule has 6 rings (SSSR count). The lowest BCUT2D eigenvalue weighted by atomic mass is 10.0. The average molecular weight is 450 g/mol. The van der Waals surface area contributed by atoms with E-state index in [1.165, 1.54) is 0 Å². The quantitative estimate of drug-likeness (QED) is 0.647. The van der Waals surface area contributed by atoms with Gasteiger partial charge in [-0.25, -0.2) is 19.9 Å². The molecular formula is C21H20ClN9O. The molecule has 1 aliphatic carbocycles. The van der Waals surface area contributed by atoms with Crippen LogP contribution in [-0.4, -0.2) is 61.1 Å². The number of nitrogens with two attached hydrogens (primary N) is 1. The van der Waals surface area contributed by atoms with Gasteiger partial charge in [0.15, 0.2) is 11.5 Å². The number of ether oxygens (including phenoxy) is 1. The smallest absolute Gasteiger partial charge is 0.233 e. The topological polar surface area (TPSA) is 120 Å². The average Bonchev–Trinajstić information content (AvgIpc) is 3.40. The Morgan fingerprint density at radius 2 is 2.00 bits per heavy atom. The molecule has 3 aromatic heterocycles. The number of aliphatic imine (C=N–C) groups is 1. The van der Waals surface area contributed by atoms with Crippen LogP contribution in [0.2, 0.25) is 0 Å². The van der Waals surface area contributed by atoms with E-state index in [4.69, 9.17) is 32.0 Å². The van der Waals surface area contributed by atoms with Gasteiger partial charge in [-0.15, -0.1) is 0 Å². The third kappa shape index (κ3) is 3.23. The number of halogens is 1. The van der Waals surface area contributed by atoms with Crippen molar-refractivity contribution in [3.63, 3.8) is 0 Å². The second kappa shape index (κ2) is 7.64. The van der Waals surface area contributed by atoms with Gasteiger partial charge in [0.1, 0.15) is 11.2 Å². The summed E-state index contributed by atoms with van der Waals surface area (Å²) in [5, 5.41) is 0.679. The Morgan fingerprint density at radius 3 is 2.84 bits per heavy atom. The molecule has 3 aliphatic rings. The fourth-order valence-electron chi connectivity index (χ4n) is 4.39. The van der Waals surface area contributed by atoms with Crippen LogP contribution in [-0.2, 0) is 4.74 Å². The normalized spacial score (nSPS) is 23.0. The molecule has 0 saturated carbocycles.